The van der Waals surface area contributed by atoms with E-state index in [1.165, 1.54) is 30.5 Å². The van der Waals surface area contributed by atoms with E-state index in [-0.39, 0.29) is 22.7 Å². The summed E-state index contributed by atoms with van der Waals surface area (Å²) in [7, 11) is 0. The predicted molar refractivity (Wildman–Crippen MR) is 167 cm³/mol. The van der Waals surface area contributed by atoms with Crippen molar-refractivity contribution in [1.29, 1.82) is 0 Å². The molecule has 1 unspecified atom stereocenters. The Labute approximate surface area is 267 Å². The molecule has 3 aromatic carbocycles. The molecule has 3 N–H and O–H groups in total. The molecule has 1 aliphatic heterocycles. The summed E-state index contributed by atoms with van der Waals surface area (Å²) in [5.74, 6) is -5.64. The van der Waals surface area contributed by atoms with Crippen molar-refractivity contribution in [3.63, 3.8) is 0 Å². The van der Waals surface area contributed by atoms with Gasteiger partial charge < -0.3 is 25.5 Å². The Morgan fingerprint density at radius 1 is 0.809 bits per heavy atom. The number of rotatable bonds is 9. The fourth-order valence-electron chi connectivity index (χ4n) is 5.28. The standard InChI is InChI=1S/C34H30F3N5O5/c35-25-8-4-21(5-9-25)28(19-31(43)44)39-33(46)23-7-11-30(29(18-23)40-32(45)22-6-10-26(36)27(37)17-22)41-13-2-14-42(16-15-41)34(47)24-3-1-12-38-20-24/h1,3-12,17-18,20,28H,2,13-16,19H2,(H,39,46)(H,40,45)(H,43,44). The normalized spacial score (nSPS) is 13.8. The minimum Gasteiger partial charge on any atom is -0.481 e. The Hall–Kier alpha value is -5.72. The molecule has 1 aliphatic rings. The molecule has 0 aliphatic carbocycles. The van der Waals surface area contributed by atoms with Crippen LogP contribution in [0, 0.1) is 17.5 Å². The number of carboxylic acid groups (broad SMARTS) is 1. The van der Waals surface area contributed by atoms with Crippen molar-refractivity contribution in [1.82, 2.24) is 15.2 Å². The Morgan fingerprint density at radius 3 is 2.26 bits per heavy atom. The van der Waals surface area contributed by atoms with E-state index in [1.54, 1.807) is 29.3 Å². The van der Waals surface area contributed by atoms with E-state index >= 15 is 0 Å². The number of carbonyl (C=O) groups is 4. The van der Waals surface area contributed by atoms with Crippen LogP contribution in [0.5, 0.6) is 0 Å². The molecule has 0 radical (unpaired) electrons. The molecule has 2 heterocycles. The van der Waals surface area contributed by atoms with Gasteiger partial charge in [-0.3, -0.25) is 24.2 Å². The van der Waals surface area contributed by atoms with E-state index in [0.717, 1.165) is 30.3 Å². The van der Waals surface area contributed by atoms with Crippen LogP contribution in [0.3, 0.4) is 0 Å². The van der Waals surface area contributed by atoms with Gasteiger partial charge in [-0.05, 0) is 72.6 Å². The highest BCUT2D eigenvalue weighted by atomic mass is 19.2. The molecule has 13 heteroatoms. The van der Waals surface area contributed by atoms with E-state index in [2.05, 4.69) is 15.6 Å². The van der Waals surface area contributed by atoms with Crippen LogP contribution in [0.1, 0.15) is 55.5 Å². The molecule has 1 aromatic heterocycles. The van der Waals surface area contributed by atoms with Gasteiger partial charge in [0.15, 0.2) is 11.6 Å². The number of benzene rings is 3. The number of aliphatic carboxylic acids is 1. The van der Waals surface area contributed by atoms with E-state index in [0.29, 0.717) is 49.4 Å². The number of nitrogens with zero attached hydrogens (tertiary/aromatic N) is 3. The lowest BCUT2D eigenvalue weighted by Gasteiger charge is -2.27. The van der Waals surface area contributed by atoms with Crippen molar-refractivity contribution in [3.05, 3.63) is 125 Å². The highest BCUT2D eigenvalue weighted by molar-refractivity contribution is 6.07. The van der Waals surface area contributed by atoms with Crippen molar-refractivity contribution in [2.45, 2.75) is 18.9 Å². The fourth-order valence-corrected chi connectivity index (χ4v) is 5.28. The van der Waals surface area contributed by atoms with Crippen LogP contribution in [0.25, 0.3) is 0 Å². The summed E-state index contributed by atoms with van der Waals surface area (Å²) in [6.07, 6.45) is 3.18. The van der Waals surface area contributed by atoms with Crippen LogP contribution in [0.4, 0.5) is 24.5 Å². The zero-order chi connectivity index (χ0) is 33.5. The third-order valence-electron chi connectivity index (χ3n) is 7.68. The molecule has 1 saturated heterocycles. The summed E-state index contributed by atoms with van der Waals surface area (Å²) < 4.78 is 41.0. The minimum absolute atomic E-state index is 0.0649. The maximum atomic E-state index is 13.9. The van der Waals surface area contributed by atoms with Gasteiger partial charge in [-0.25, -0.2) is 13.2 Å². The highest BCUT2D eigenvalue weighted by Crippen LogP contribution is 2.30. The van der Waals surface area contributed by atoms with Crippen molar-refractivity contribution in [2.24, 2.45) is 0 Å². The number of halogens is 3. The second-order valence-electron chi connectivity index (χ2n) is 10.9. The van der Waals surface area contributed by atoms with Gasteiger partial charge in [-0.1, -0.05) is 12.1 Å². The maximum Gasteiger partial charge on any atom is 0.305 e. The summed E-state index contributed by atoms with van der Waals surface area (Å²) in [6, 6.07) is 14.7. The van der Waals surface area contributed by atoms with Gasteiger partial charge in [0.05, 0.1) is 29.4 Å². The van der Waals surface area contributed by atoms with Gasteiger partial charge in [-0.15, -0.1) is 0 Å². The number of pyridine rings is 1. The Bertz CT molecular complexity index is 1790. The van der Waals surface area contributed by atoms with E-state index < -0.39 is 47.7 Å². The summed E-state index contributed by atoms with van der Waals surface area (Å²) in [4.78, 5) is 58.9. The second-order valence-corrected chi connectivity index (χ2v) is 10.9. The summed E-state index contributed by atoms with van der Waals surface area (Å²) in [5, 5.41) is 14.8. The van der Waals surface area contributed by atoms with Gasteiger partial charge in [0.2, 0.25) is 0 Å². The molecular weight excluding hydrogens is 615 g/mol. The monoisotopic (exact) mass is 645 g/mol. The first-order valence-corrected chi connectivity index (χ1v) is 14.7. The van der Waals surface area contributed by atoms with Gasteiger partial charge in [0, 0.05) is 49.7 Å². The number of amides is 3. The summed E-state index contributed by atoms with van der Waals surface area (Å²) in [6.45, 7) is 1.68. The van der Waals surface area contributed by atoms with Crippen molar-refractivity contribution in [2.75, 3.05) is 36.4 Å². The average Bonchev–Trinajstić information content (AvgIpc) is 3.32. The largest absolute Gasteiger partial charge is 0.481 e. The smallest absolute Gasteiger partial charge is 0.305 e. The topological polar surface area (TPSA) is 132 Å². The predicted octanol–water partition coefficient (Wildman–Crippen LogP) is 5.05. The van der Waals surface area contributed by atoms with Crippen molar-refractivity contribution < 1.29 is 37.5 Å². The molecule has 10 nitrogen and oxygen atoms in total. The molecule has 0 bridgehead atoms. The molecule has 4 aromatic rings. The first-order valence-electron chi connectivity index (χ1n) is 14.7. The van der Waals surface area contributed by atoms with Crippen molar-refractivity contribution >= 4 is 35.1 Å². The summed E-state index contributed by atoms with van der Waals surface area (Å²) in [5.41, 5.74) is 1.42. The number of carboxylic acids is 1. The molecular formula is C34H30F3N5O5. The molecule has 5 rings (SSSR count). The molecule has 0 spiro atoms. The van der Waals surface area contributed by atoms with E-state index in [1.807, 2.05) is 4.90 Å². The number of hydrogen-bond acceptors (Lipinski definition) is 6. The molecule has 1 fully saturated rings. The van der Waals surface area contributed by atoms with E-state index in [9.17, 15) is 37.5 Å². The van der Waals surface area contributed by atoms with Crippen LogP contribution in [0.15, 0.2) is 85.2 Å². The summed E-state index contributed by atoms with van der Waals surface area (Å²) >= 11 is 0. The van der Waals surface area contributed by atoms with Crippen LogP contribution >= 0.6 is 0 Å². The number of anilines is 2. The van der Waals surface area contributed by atoms with Crippen LogP contribution < -0.4 is 15.5 Å². The fraction of sp³-hybridized carbons (Fsp3) is 0.206. The Kier molecular flexibility index (Phi) is 10.1. The molecule has 1 atom stereocenters. The lowest BCUT2D eigenvalue weighted by atomic mass is 10.0. The third kappa shape index (κ3) is 8.12. The maximum absolute atomic E-state index is 13.9. The average molecular weight is 646 g/mol. The first-order chi connectivity index (χ1) is 22.6. The van der Waals surface area contributed by atoms with Gasteiger partial charge in [0.1, 0.15) is 5.82 Å². The van der Waals surface area contributed by atoms with Crippen molar-refractivity contribution in [3.8, 4) is 0 Å². The zero-order valence-electron chi connectivity index (χ0n) is 25.0. The van der Waals surface area contributed by atoms with Gasteiger partial charge >= 0.3 is 5.97 Å². The highest BCUT2D eigenvalue weighted by Gasteiger charge is 2.25. The number of nitrogens with one attached hydrogen (secondary N) is 2. The second kappa shape index (κ2) is 14.6. The van der Waals surface area contributed by atoms with Gasteiger partial charge in [-0.2, -0.15) is 0 Å². The Balaban J connectivity index is 1.42. The quantitative estimate of drug-likeness (QED) is 0.232. The lowest BCUT2D eigenvalue weighted by molar-refractivity contribution is -0.137. The van der Waals surface area contributed by atoms with Crippen LogP contribution in [-0.4, -0.2) is 64.9 Å². The minimum atomic E-state index is -1.21. The number of carbonyl (C=O) groups excluding carboxylic acids is 3. The van der Waals surface area contributed by atoms with Gasteiger partial charge in [0.25, 0.3) is 17.7 Å². The molecule has 0 saturated carbocycles. The molecule has 3 amide bonds. The number of aromatic nitrogens is 1. The molecule has 47 heavy (non-hydrogen) atoms. The molecule has 242 valence electrons. The first kappa shape index (κ1) is 32.7. The SMILES string of the molecule is O=C(O)CC(NC(=O)c1ccc(N2CCCN(C(=O)c3cccnc3)CC2)c(NC(=O)c2ccc(F)c(F)c2)c1)c1ccc(F)cc1. The third-order valence-corrected chi connectivity index (χ3v) is 7.68. The van der Waals surface area contributed by atoms with Crippen LogP contribution in [0.2, 0.25) is 0 Å². The number of hydrogen-bond donors (Lipinski definition) is 3. The zero-order valence-corrected chi connectivity index (χ0v) is 25.0. The van der Waals surface area contributed by atoms with Crippen LogP contribution in [-0.2, 0) is 4.79 Å². The van der Waals surface area contributed by atoms with E-state index in [4.69, 9.17) is 0 Å². The lowest BCUT2D eigenvalue weighted by Crippen LogP contribution is -2.35. The Morgan fingerprint density at radius 2 is 1.55 bits per heavy atom.